The molecule has 0 aliphatic heterocycles. The molecule has 6 nitrogen and oxygen atoms in total. The van der Waals surface area contributed by atoms with Crippen molar-refractivity contribution in [2.45, 2.75) is 38.6 Å². The van der Waals surface area contributed by atoms with Crippen molar-refractivity contribution >= 4 is 17.6 Å². The molecule has 0 spiro atoms. The van der Waals surface area contributed by atoms with Crippen molar-refractivity contribution in [1.29, 1.82) is 0 Å². The van der Waals surface area contributed by atoms with Gasteiger partial charge in [-0.1, -0.05) is 18.2 Å². The van der Waals surface area contributed by atoms with E-state index in [1.165, 1.54) is 6.42 Å². The third-order valence-electron chi connectivity index (χ3n) is 4.22. The van der Waals surface area contributed by atoms with E-state index in [-0.39, 0.29) is 12.3 Å². The molecule has 3 rings (SSSR count). The third kappa shape index (κ3) is 3.26. The Hall–Kier alpha value is -2.63. The minimum absolute atomic E-state index is 0.128. The number of nitrogens with zero attached hydrogens (tertiary/aromatic N) is 2. The Labute approximate surface area is 134 Å². The largest absolute Gasteiger partial charge is 0.481 e. The summed E-state index contributed by atoms with van der Waals surface area (Å²) in [6.07, 6.45) is 5.06. The summed E-state index contributed by atoms with van der Waals surface area (Å²) in [4.78, 5) is 23.4. The second-order valence-electron chi connectivity index (χ2n) is 5.87. The number of aryl methyl sites for hydroxylation is 1. The van der Waals surface area contributed by atoms with E-state index in [4.69, 9.17) is 5.11 Å². The number of hydrogen-bond acceptors (Lipinski definition) is 3. The Morgan fingerprint density at radius 2 is 2.09 bits per heavy atom. The Morgan fingerprint density at radius 1 is 1.35 bits per heavy atom. The Balaban J connectivity index is 1.79. The highest BCUT2D eigenvalue weighted by Crippen LogP contribution is 2.31. The van der Waals surface area contributed by atoms with Crippen molar-refractivity contribution in [3.63, 3.8) is 0 Å². The molecule has 1 amide bonds. The van der Waals surface area contributed by atoms with Crippen LogP contribution in [-0.4, -0.2) is 26.8 Å². The number of hydrogen-bond donors (Lipinski definition) is 2. The van der Waals surface area contributed by atoms with Gasteiger partial charge in [0.05, 0.1) is 23.7 Å². The van der Waals surface area contributed by atoms with E-state index in [0.29, 0.717) is 28.6 Å². The fraction of sp³-hybridized carbons (Fsp3) is 0.353. The maximum Gasteiger partial charge on any atom is 0.307 e. The molecule has 1 saturated carbocycles. The van der Waals surface area contributed by atoms with E-state index >= 15 is 0 Å². The molecular weight excluding hydrogens is 294 g/mol. The normalized spacial score (nSPS) is 14.3. The van der Waals surface area contributed by atoms with Crippen LogP contribution in [0.25, 0.3) is 0 Å². The van der Waals surface area contributed by atoms with Crippen molar-refractivity contribution < 1.29 is 14.7 Å². The summed E-state index contributed by atoms with van der Waals surface area (Å²) in [7, 11) is 0. The van der Waals surface area contributed by atoms with Crippen molar-refractivity contribution in [2.24, 2.45) is 0 Å². The van der Waals surface area contributed by atoms with Gasteiger partial charge in [0.1, 0.15) is 0 Å². The lowest BCUT2D eigenvalue weighted by molar-refractivity contribution is -0.136. The summed E-state index contributed by atoms with van der Waals surface area (Å²) in [5, 5.41) is 16.2. The topological polar surface area (TPSA) is 84.2 Å². The molecule has 2 N–H and O–H groups in total. The Bertz CT molecular complexity index is 747. The highest BCUT2D eigenvalue weighted by molar-refractivity contribution is 6.05. The molecule has 0 unspecified atom stereocenters. The average Bonchev–Trinajstić information content (AvgIpc) is 2.80. The first-order valence-electron chi connectivity index (χ1n) is 7.71. The second kappa shape index (κ2) is 6.24. The number of benzene rings is 1. The average molecular weight is 313 g/mol. The number of nitrogens with one attached hydrogen (secondary N) is 1. The number of carboxylic acids is 1. The van der Waals surface area contributed by atoms with Crippen LogP contribution in [0.2, 0.25) is 0 Å². The van der Waals surface area contributed by atoms with Crippen molar-refractivity contribution in [1.82, 2.24) is 9.78 Å². The molecule has 6 heteroatoms. The molecular formula is C17H19N3O3. The number of carbonyl (C=O) groups excluding carboxylic acids is 1. The molecule has 0 atom stereocenters. The van der Waals surface area contributed by atoms with Gasteiger partial charge < -0.3 is 10.4 Å². The summed E-state index contributed by atoms with van der Waals surface area (Å²) >= 11 is 0. The molecule has 1 aromatic carbocycles. The smallest absolute Gasteiger partial charge is 0.307 e. The molecule has 0 bridgehead atoms. The zero-order valence-corrected chi connectivity index (χ0v) is 13.0. The van der Waals surface area contributed by atoms with Gasteiger partial charge in [-0.3, -0.25) is 14.3 Å². The van der Waals surface area contributed by atoms with E-state index < -0.39 is 5.97 Å². The summed E-state index contributed by atoms with van der Waals surface area (Å²) in [6, 6.07) is 7.34. The molecule has 0 saturated heterocycles. The monoisotopic (exact) mass is 313 g/mol. The first kappa shape index (κ1) is 15.3. The van der Waals surface area contributed by atoms with Crippen molar-refractivity contribution in [2.75, 3.05) is 5.32 Å². The van der Waals surface area contributed by atoms with Crippen molar-refractivity contribution in [3.8, 4) is 0 Å². The lowest BCUT2D eigenvalue weighted by Gasteiger charge is -2.25. The van der Waals surface area contributed by atoms with E-state index in [0.717, 1.165) is 12.8 Å². The Kier molecular flexibility index (Phi) is 4.14. The quantitative estimate of drug-likeness (QED) is 0.889. The Morgan fingerprint density at radius 3 is 2.74 bits per heavy atom. The number of para-hydroxylation sites is 1. The van der Waals surface area contributed by atoms with Crippen molar-refractivity contribution in [3.05, 3.63) is 47.3 Å². The van der Waals surface area contributed by atoms with E-state index in [1.807, 2.05) is 11.6 Å². The predicted octanol–water partition coefficient (Wildman–Crippen LogP) is 2.80. The lowest BCUT2D eigenvalue weighted by Crippen LogP contribution is -2.17. The molecule has 1 aliphatic carbocycles. The molecule has 1 heterocycles. The molecule has 1 aromatic heterocycles. The van der Waals surface area contributed by atoms with Gasteiger partial charge in [0.2, 0.25) is 0 Å². The van der Waals surface area contributed by atoms with Crippen LogP contribution in [0.5, 0.6) is 0 Å². The maximum absolute atomic E-state index is 12.5. The highest BCUT2D eigenvalue weighted by Gasteiger charge is 2.23. The third-order valence-corrected chi connectivity index (χ3v) is 4.22. The molecule has 0 radical (unpaired) electrons. The number of amides is 1. The van der Waals surface area contributed by atoms with E-state index in [9.17, 15) is 9.59 Å². The minimum Gasteiger partial charge on any atom is -0.481 e. The van der Waals surface area contributed by atoms with Gasteiger partial charge in [-0.15, -0.1) is 0 Å². The zero-order valence-electron chi connectivity index (χ0n) is 13.0. The molecule has 120 valence electrons. The molecule has 23 heavy (non-hydrogen) atoms. The predicted molar refractivity (Wildman–Crippen MR) is 85.6 cm³/mol. The van der Waals surface area contributed by atoms with E-state index in [2.05, 4.69) is 10.4 Å². The van der Waals surface area contributed by atoms with Gasteiger partial charge in [-0.2, -0.15) is 5.10 Å². The van der Waals surface area contributed by atoms with Gasteiger partial charge in [0, 0.05) is 11.9 Å². The standard InChI is InChI=1S/C17H19N3O3/c1-11-14(10-20(19-11)13-6-4-7-13)17(23)18-15-8-3-2-5-12(15)9-16(21)22/h2-3,5,8,10,13H,4,6-7,9H2,1H3,(H,18,23)(H,21,22). The van der Waals surface area contributed by atoms with Gasteiger partial charge in [0.15, 0.2) is 0 Å². The SMILES string of the molecule is Cc1nn(C2CCC2)cc1C(=O)Nc1ccccc1CC(=O)O. The van der Waals surface area contributed by atoms with E-state index in [1.54, 1.807) is 30.5 Å². The van der Waals surface area contributed by atoms with Crippen LogP contribution in [0.4, 0.5) is 5.69 Å². The number of carbonyl (C=O) groups is 2. The number of rotatable bonds is 5. The van der Waals surface area contributed by atoms with Crippen LogP contribution in [0, 0.1) is 6.92 Å². The van der Waals surface area contributed by atoms with Gasteiger partial charge in [0.25, 0.3) is 5.91 Å². The second-order valence-corrected chi connectivity index (χ2v) is 5.87. The fourth-order valence-electron chi connectivity index (χ4n) is 2.69. The van der Waals surface area contributed by atoms with Gasteiger partial charge in [-0.05, 0) is 37.8 Å². The summed E-state index contributed by atoms with van der Waals surface area (Å²) in [5.41, 5.74) is 2.32. The number of aromatic nitrogens is 2. The maximum atomic E-state index is 12.5. The summed E-state index contributed by atoms with van der Waals surface area (Å²) in [6.45, 7) is 1.81. The van der Waals surface area contributed by atoms with Crippen LogP contribution in [0.1, 0.15) is 46.9 Å². The summed E-state index contributed by atoms with van der Waals surface area (Å²) in [5.74, 6) is -1.19. The first-order chi connectivity index (χ1) is 11.0. The van der Waals surface area contributed by atoms with Crippen LogP contribution in [-0.2, 0) is 11.2 Å². The minimum atomic E-state index is -0.930. The fourth-order valence-corrected chi connectivity index (χ4v) is 2.69. The van der Waals surface area contributed by atoms with Gasteiger partial charge in [-0.25, -0.2) is 0 Å². The first-order valence-corrected chi connectivity index (χ1v) is 7.71. The highest BCUT2D eigenvalue weighted by atomic mass is 16.4. The van der Waals surface area contributed by atoms with Gasteiger partial charge >= 0.3 is 5.97 Å². The molecule has 1 fully saturated rings. The molecule has 2 aromatic rings. The number of carboxylic acid groups (broad SMARTS) is 1. The number of anilines is 1. The lowest BCUT2D eigenvalue weighted by atomic mass is 9.93. The van der Waals surface area contributed by atoms with Crippen LogP contribution in [0.15, 0.2) is 30.5 Å². The van der Waals surface area contributed by atoms with Crippen LogP contribution >= 0.6 is 0 Å². The number of aliphatic carboxylic acids is 1. The van der Waals surface area contributed by atoms with Crippen LogP contribution in [0.3, 0.4) is 0 Å². The molecule has 1 aliphatic rings. The zero-order chi connectivity index (χ0) is 16.4. The summed E-state index contributed by atoms with van der Waals surface area (Å²) < 4.78 is 1.87. The van der Waals surface area contributed by atoms with Crippen LogP contribution < -0.4 is 5.32 Å².